The monoisotopic (exact) mass is 607 g/mol. The summed E-state index contributed by atoms with van der Waals surface area (Å²) in [6, 6.07) is 29.5. The molecule has 0 spiro atoms. The van der Waals surface area contributed by atoms with E-state index in [4.69, 9.17) is 0 Å². The lowest BCUT2D eigenvalue weighted by Gasteiger charge is -2.34. The Morgan fingerprint density at radius 2 is 1.30 bits per heavy atom. The van der Waals surface area contributed by atoms with E-state index < -0.39 is 50.0 Å². The SMILES string of the molecule is Cc1ccc(S(=O)(=O)N2CC(C(=O)c3cccc4ccccc34)=C(c3cccc4ccccc34)C([N+](=O)[O-])([N+](=O)[O-])C2)cc1. The Balaban J connectivity index is 1.71. The maximum atomic E-state index is 14.6. The van der Waals surface area contributed by atoms with Crippen molar-refractivity contribution in [2.45, 2.75) is 17.5 Å². The van der Waals surface area contributed by atoms with Gasteiger partial charge in [-0.05, 0) is 40.6 Å². The van der Waals surface area contributed by atoms with E-state index in [-0.39, 0.29) is 21.6 Å². The fourth-order valence-corrected chi connectivity index (χ4v) is 7.29. The molecule has 5 aromatic rings. The second kappa shape index (κ2) is 10.8. The van der Waals surface area contributed by atoms with E-state index in [1.54, 1.807) is 91.9 Å². The highest BCUT2D eigenvalue weighted by Crippen LogP contribution is 2.43. The van der Waals surface area contributed by atoms with Gasteiger partial charge >= 0.3 is 5.66 Å². The molecule has 0 radical (unpaired) electrons. The second-order valence-corrected chi connectivity index (χ2v) is 12.6. The molecule has 44 heavy (non-hydrogen) atoms. The van der Waals surface area contributed by atoms with Gasteiger partial charge in [0.05, 0.1) is 4.90 Å². The lowest BCUT2D eigenvalue weighted by Crippen LogP contribution is -2.60. The molecule has 0 atom stereocenters. The van der Waals surface area contributed by atoms with Crippen LogP contribution in [0.2, 0.25) is 0 Å². The molecule has 0 bridgehead atoms. The number of carbonyl (C=O) groups excluding carboxylic acids is 1. The quantitative estimate of drug-likeness (QED) is 0.0972. The molecule has 0 aliphatic carbocycles. The first-order chi connectivity index (χ1) is 21.1. The molecule has 0 saturated carbocycles. The minimum atomic E-state index is -4.52. The minimum absolute atomic E-state index is 0.118. The molecule has 11 heteroatoms. The normalized spacial score (nSPS) is 15.4. The van der Waals surface area contributed by atoms with Crippen molar-refractivity contribution in [2.24, 2.45) is 0 Å². The first kappa shape index (κ1) is 28.8. The number of carbonyl (C=O) groups is 1. The smallest absolute Gasteiger partial charge is 0.289 e. The van der Waals surface area contributed by atoms with Crippen LogP contribution >= 0.6 is 0 Å². The van der Waals surface area contributed by atoms with Crippen molar-refractivity contribution in [3.8, 4) is 0 Å². The number of nitrogens with zero attached hydrogens (tertiary/aromatic N) is 3. The molecule has 1 aliphatic heterocycles. The van der Waals surface area contributed by atoms with E-state index in [9.17, 15) is 33.4 Å². The van der Waals surface area contributed by atoms with Gasteiger partial charge in [-0.2, -0.15) is 4.31 Å². The van der Waals surface area contributed by atoms with Crippen molar-refractivity contribution in [1.82, 2.24) is 4.31 Å². The third kappa shape index (κ3) is 4.53. The van der Waals surface area contributed by atoms with Gasteiger partial charge in [0.2, 0.25) is 10.0 Å². The van der Waals surface area contributed by atoms with Crippen LogP contribution in [0.4, 0.5) is 0 Å². The minimum Gasteiger partial charge on any atom is -0.289 e. The summed E-state index contributed by atoms with van der Waals surface area (Å²) in [5.41, 5.74) is -2.93. The third-order valence-electron chi connectivity index (χ3n) is 8.06. The zero-order valence-corrected chi connectivity index (χ0v) is 24.2. The standard InChI is InChI=1S/C33H25N3O7S/c1-22-16-18-25(19-17-22)44(42,43)34-20-30(32(37)29-15-7-11-24-9-3-5-13-27(24)29)31(33(21-34,35(38)39)36(40)41)28-14-6-10-23-8-2-4-12-26(23)28/h2-19H,20-21H2,1H3. The first-order valence-corrected chi connectivity index (χ1v) is 15.1. The van der Waals surface area contributed by atoms with Gasteiger partial charge in [0, 0.05) is 23.2 Å². The molecule has 0 aromatic heterocycles. The number of hydrogen-bond acceptors (Lipinski definition) is 7. The lowest BCUT2D eigenvalue weighted by atomic mass is 9.81. The van der Waals surface area contributed by atoms with Crippen molar-refractivity contribution in [1.29, 1.82) is 0 Å². The van der Waals surface area contributed by atoms with E-state index in [0.717, 1.165) is 5.56 Å². The number of rotatable bonds is 7. The van der Waals surface area contributed by atoms with Crippen LogP contribution in [0, 0.1) is 27.2 Å². The Labute approximate surface area is 252 Å². The van der Waals surface area contributed by atoms with Gasteiger partial charge in [-0.1, -0.05) is 103 Å². The summed E-state index contributed by atoms with van der Waals surface area (Å²) >= 11 is 0. The Kier molecular flexibility index (Phi) is 7.07. The number of hydrogen-bond donors (Lipinski definition) is 0. The molecule has 10 nitrogen and oxygen atoms in total. The van der Waals surface area contributed by atoms with Gasteiger partial charge in [0.15, 0.2) is 12.3 Å². The highest BCUT2D eigenvalue weighted by Gasteiger charge is 2.66. The number of fused-ring (bicyclic) bond motifs is 2. The molecule has 0 saturated heterocycles. The summed E-state index contributed by atoms with van der Waals surface area (Å²) < 4.78 is 28.6. The first-order valence-electron chi connectivity index (χ1n) is 13.7. The van der Waals surface area contributed by atoms with E-state index in [2.05, 4.69) is 0 Å². The summed E-state index contributed by atoms with van der Waals surface area (Å²) in [5, 5.41) is 28.3. The number of Topliss-reactive ketones (excluding diaryl/α,β-unsaturated/α-hetero) is 1. The number of benzene rings is 5. The summed E-state index contributed by atoms with van der Waals surface area (Å²) in [5.74, 6) is -0.735. The Bertz CT molecular complexity index is 2120. The zero-order valence-electron chi connectivity index (χ0n) is 23.4. The summed E-state index contributed by atoms with van der Waals surface area (Å²) in [4.78, 5) is 38.2. The van der Waals surface area contributed by atoms with Crippen LogP contribution in [0.15, 0.2) is 120 Å². The summed E-state index contributed by atoms with van der Waals surface area (Å²) in [7, 11) is -4.52. The molecule has 220 valence electrons. The van der Waals surface area contributed by atoms with E-state index in [1.807, 2.05) is 0 Å². The fourth-order valence-electron chi connectivity index (χ4n) is 5.86. The third-order valence-corrected chi connectivity index (χ3v) is 9.87. The average molecular weight is 608 g/mol. The molecule has 6 rings (SSSR count). The Morgan fingerprint density at radius 1 is 0.750 bits per heavy atom. The number of aryl methyl sites for hydroxylation is 1. The second-order valence-electron chi connectivity index (χ2n) is 10.7. The molecule has 0 N–H and O–H groups in total. The van der Waals surface area contributed by atoms with E-state index in [1.165, 1.54) is 24.3 Å². The molecule has 0 fully saturated rings. The van der Waals surface area contributed by atoms with Crippen LogP contribution in [0.3, 0.4) is 0 Å². The molecule has 0 unspecified atom stereocenters. The topological polar surface area (TPSA) is 141 Å². The van der Waals surface area contributed by atoms with Gasteiger partial charge in [0.25, 0.3) is 0 Å². The molecule has 1 aliphatic rings. The molecule has 1 heterocycles. The van der Waals surface area contributed by atoms with Crippen LogP contribution in [0.25, 0.3) is 27.1 Å². The maximum Gasteiger partial charge on any atom is 0.498 e. The number of nitro groups is 2. The highest BCUT2D eigenvalue weighted by atomic mass is 32.2. The summed E-state index contributed by atoms with van der Waals surface area (Å²) in [6.07, 6.45) is 0. The van der Waals surface area contributed by atoms with Crippen LogP contribution in [0.5, 0.6) is 0 Å². The van der Waals surface area contributed by atoms with Crippen LogP contribution in [0.1, 0.15) is 21.5 Å². The van der Waals surface area contributed by atoms with Gasteiger partial charge in [-0.15, -0.1) is 0 Å². The predicted octanol–water partition coefficient (Wildman–Crippen LogP) is 5.89. The van der Waals surface area contributed by atoms with Gasteiger partial charge in [-0.25, -0.2) is 8.42 Å². The van der Waals surface area contributed by atoms with Gasteiger partial charge in [-0.3, -0.25) is 25.0 Å². The molecule has 5 aromatic carbocycles. The largest absolute Gasteiger partial charge is 0.498 e. The van der Waals surface area contributed by atoms with Crippen LogP contribution in [-0.2, 0) is 10.0 Å². The van der Waals surface area contributed by atoms with Crippen molar-refractivity contribution in [2.75, 3.05) is 13.1 Å². The van der Waals surface area contributed by atoms with Crippen molar-refractivity contribution < 1.29 is 23.1 Å². The fraction of sp³-hybridized carbons (Fsp3) is 0.121. The van der Waals surface area contributed by atoms with Crippen molar-refractivity contribution in [3.63, 3.8) is 0 Å². The zero-order chi connectivity index (χ0) is 31.2. The predicted molar refractivity (Wildman–Crippen MR) is 166 cm³/mol. The summed E-state index contributed by atoms with van der Waals surface area (Å²) in [6.45, 7) is 0.0380. The Hall–Kier alpha value is -5.26. The van der Waals surface area contributed by atoms with Gasteiger partial charge in [0.1, 0.15) is 15.4 Å². The van der Waals surface area contributed by atoms with Crippen LogP contribution < -0.4 is 0 Å². The van der Waals surface area contributed by atoms with Gasteiger partial charge < -0.3 is 0 Å². The Morgan fingerprint density at radius 3 is 1.93 bits per heavy atom. The van der Waals surface area contributed by atoms with E-state index in [0.29, 0.717) is 25.9 Å². The molecular formula is C33H25N3O7S. The maximum absolute atomic E-state index is 14.6. The van der Waals surface area contributed by atoms with Crippen molar-refractivity contribution in [3.05, 3.63) is 152 Å². The highest BCUT2D eigenvalue weighted by molar-refractivity contribution is 7.89. The van der Waals surface area contributed by atoms with Crippen molar-refractivity contribution >= 4 is 42.9 Å². The average Bonchev–Trinajstić information content (AvgIpc) is 3.03. The number of sulfonamides is 1. The number of ketones is 1. The molecular weight excluding hydrogens is 582 g/mol. The molecule has 0 amide bonds. The van der Waals surface area contributed by atoms with Crippen LogP contribution in [-0.4, -0.2) is 47.1 Å². The lowest BCUT2D eigenvalue weighted by molar-refractivity contribution is -0.775. The van der Waals surface area contributed by atoms with E-state index >= 15 is 0 Å².